The first-order valence-electron chi connectivity index (χ1n) is 5.23. The first-order valence-corrected chi connectivity index (χ1v) is 6.35. The summed E-state index contributed by atoms with van der Waals surface area (Å²) < 4.78 is 80.5. The summed E-state index contributed by atoms with van der Waals surface area (Å²) in [7, 11) is 0. The van der Waals surface area contributed by atoms with Gasteiger partial charge in [0.2, 0.25) is 0 Å². The van der Waals surface area contributed by atoms with Crippen LogP contribution < -0.4 is 9.47 Å². The van der Waals surface area contributed by atoms with Crippen LogP contribution in [0.3, 0.4) is 0 Å². The van der Waals surface area contributed by atoms with Gasteiger partial charge in [0.1, 0.15) is 5.78 Å². The molecule has 0 fully saturated rings. The van der Waals surface area contributed by atoms with Crippen molar-refractivity contribution < 1.29 is 40.6 Å². The highest BCUT2D eigenvalue weighted by atomic mass is 79.9. The third-order valence-corrected chi connectivity index (χ3v) is 2.67. The number of ketones is 1. The van der Waals surface area contributed by atoms with Crippen molar-refractivity contribution in [2.24, 2.45) is 0 Å². The maximum atomic E-state index is 12.3. The molecular weight excluding hydrogens is 374 g/mol. The van der Waals surface area contributed by atoms with E-state index in [1.165, 1.54) is 0 Å². The van der Waals surface area contributed by atoms with Crippen molar-refractivity contribution in [1.29, 1.82) is 0 Å². The Kier molecular flexibility index (Phi) is 5.48. The standard InChI is InChI=1S/C11H7BrF6O3/c12-5-7(19)4-6-2-1-3-8(20-10(13,14)15)9(6)21-11(16,17)18/h1-3H,4-5H2. The van der Waals surface area contributed by atoms with Gasteiger partial charge in [-0.3, -0.25) is 4.79 Å². The molecule has 0 heterocycles. The number of hydrogen-bond acceptors (Lipinski definition) is 3. The molecule has 0 spiro atoms. The van der Waals surface area contributed by atoms with Crippen molar-refractivity contribution in [2.45, 2.75) is 19.1 Å². The molecule has 21 heavy (non-hydrogen) atoms. The lowest BCUT2D eigenvalue weighted by molar-refractivity contribution is -0.287. The summed E-state index contributed by atoms with van der Waals surface area (Å²) in [6, 6.07) is 2.74. The minimum atomic E-state index is -5.22. The molecule has 0 aliphatic heterocycles. The summed E-state index contributed by atoms with van der Waals surface area (Å²) >= 11 is 2.80. The molecule has 1 aromatic rings. The van der Waals surface area contributed by atoms with Gasteiger partial charge in [-0.2, -0.15) is 0 Å². The van der Waals surface area contributed by atoms with Crippen LogP contribution in [-0.4, -0.2) is 23.8 Å². The van der Waals surface area contributed by atoms with E-state index in [1.54, 1.807) is 0 Å². The van der Waals surface area contributed by atoms with E-state index in [2.05, 4.69) is 25.4 Å². The van der Waals surface area contributed by atoms with Crippen LogP contribution in [0, 0.1) is 0 Å². The zero-order valence-corrected chi connectivity index (χ0v) is 11.6. The van der Waals surface area contributed by atoms with Gasteiger partial charge < -0.3 is 9.47 Å². The SMILES string of the molecule is O=C(CBr)Cc1cccc(OC(F)(F)F)c1OC(F)(F)F. The van der Waals surface area contributed by atoms with Crippen molar-refractivity contribution in [3.63, 3.8) is 0 Å². The molecule has 118 valence electrons. The second-order valence-electron chi connectivity index (χ2n) is 3.69. The summed E-state index contributed by atoms with van der Waals surface area (Å²) in [5.41, 5.74) is -0.362. The van der Waals surface area contributed by atoms with E-state index >= 15 is 0 Å². The molecule has 10 heteroatoms. The second-order valence-corrected chi connectivity index (χ2v) is 4.25. The normalized spacial score (nSPS) is 12.1. The summed E-state index contributed by atoms with van der Waals surface area (Å²) in [5, 5.41) is -0.164. The molecule has 3 nitrogen and oxygen atoms in total. The Balaban J connectivity index is 3.23. The molecule has 0 aliphatic carbocycles. The van der Waals surface area contributed by atoms with Gasteiger partial charge in [-0.25, -0.2) is 0 Å². The van der Waals surface area contributed by atoms with E-state index in [9.17, 15) is 31.1 Å². The minimum Gasteiger partial charge on any atom is -0.402 e. The van der Waals surface area contributed by atoms with Crippen LogP contribution in [0.2, 0.25) is 0 Å². The Labute approximate surface area is 123 Å². The summed E-state index contributed by atoms with van der Waals surface area (Å²) in [6.07, 6.45) is -11.0. The van der Waals surface area contributed by atoms with Gasteiger partial charge in [0.05, 0.1) is 5.33 Å². The maximum Gasteiger partial charge on any atom is 0.573 e. The van der Waals surface area contributed by atoms with Gasteiger partial charge >= 0.3 is 12.7 Å². The summed E-state index contributed by atoms with van der Waals surface area (Å²) in [4.78, 5) is 11.2. The van der Waals surface area contributed by atoms with Crippen LogP contribution in [0.5, 0.6) is 11.5 Å². The number of para-hydroxylation sites is 1. The molecule has 0 radical (unpaired) electrons. The van der Waals surface area contributed by atoms with Crippen molar-refractivity contribution >= 4 is 21.7 Å². The van der Waals surface area contributed by atoms with Crippen LogP contribution >= 0.6 is 15.9 Å². The highest BCUT2D eigenvalue weighted by Gasteiger charge is 2.37. The third kappa shape index (κ3) is 6.23. The van der Waals surface area contributed by atoms with Crippen molar-refractivity contribution in [1.82, 2.24) is 0 Å². The highest BCUT2D eigenvalue weighted by molar-refractivity contribution is 9.09. The maximum absolute atomic E-state index is 12.3. The van der Waals surface area contributed by atoms with E-state index in [4.69, 9.17) is 0 Å². The average molecular weight is 381 g/mol. The molecule has 0 bridgehead atoms. The average Bonchev–Trinajstić information content (AvgIpc) is 2.29. The molecule has 1 rings (SSSR count). The lowest BCUT2D eigenvalue weighted by Gasteiger charge is -2.18. The van der Waals surface area contributed by atoms with E-state index in [-0.39, 0.29) is 10.9 Å². The lowest BCUT2D eigenvalue weighted by Crippen LogP contribution is -2.22. The van der Waals surface area contributed by atoms with E-state index in [0.717, 1.165) is 12.1 Å². The fourth-order valence-electron chi connectivity index (χ4n) is 1.40. The molecule has 0 atom stereocenters. The molecular formula is C11H7BrF6O3. The topological polar surface area (TPSA) is 35.5 Å². The first kappa shape index (κ1) is 17.6. The fourth-order valence-corrected chi connectivity index (χ4v) is 1.60. The van der Waals surface area contributed by atoms with Gasteiger partial charge in [-0.15, -0.1) is 26.3 Å². The van der Waals surface area contributed by atoms with Crippen LogP contribution in [0.1, 0.15) is 5.56 Å². The predicted octanol–water partition coefficient (Wildman–Crippen LogP) is 3.99. The molecule has 0 unspecified atom stereocenters. The number of carbonyl (C=O) groups is 1. The van der Waals surface area contributed by atoms with Crippen molar-refractivity contribution in [3.05, 3.63) is 23.8 Å². The van der Waals surface area contributed by atoms with Gasteiger partial charge in [-0.05, 0) is 6.07 Å². The number of carbonyl (C=O) groups excluding carboxylic acids is 1. The number of ether oxygens (including phenoxy) is 2. The largest absolute Gasteiger partial charge is 0.573 e. The Morgan fingerprint density at radius 1 is 1.05 bits per heavy atom. The van der Waals surface area contributed by atoms with Crippen LogP contribution in [-0.2, 0) is 11.2 Å². The zero-order chi connectivity index (χ0) is 16.3. The Bertz CT molecular complexity index is 512. The van der Waals surface area contributed by atoms with Gasteiger partial charge in [0.25, 0.3) is 0 Å². The van der Waals surface area contributed by atoms with Gasteiger partial charge in [0, 0.05) is 12.0 Å². The Hall–Kier alpha value is -1.45. The molecule has 0 aliphatic rings. The first-order chi connectivity index (χ1) is 9.52. The number of benzene rings is 1. The monoisotopic (exact) mass is 380 g/mol. The van der Waals surface area contributed by atoms with Crippen LogP contribution in [0.25, 0.3) is 0 Å². The number of halogens is 7. The number of alkyl halides is 7. The smallest absolute Gasteiger partial charge is 0.402 e. The molecule has 0 N–H and O–H groups in total. The molecule has 1 aromatic carbocycles. The number of Topliss-reactive ketones (excluding diaryl/α,β-unsaturated/α-hetero) is 1. The number of hydrogen-bond donors (Lipinski definition) is 0. The fraction of sp³-hybridized carbons (Fsp3) is 0.364. The Morgan fingerprint density at radius 2 is 1.62 bits per heavy atom. The zero-order valence-electron chi connectivity index (χ0n) is 10.0. The van der Waals surface area contributed by atoms with Crippen molar-refractivity contribution in [3.8, 4) is 11.5 Å². The molecule has 0 saturated carbocycles. The molecule has 0 saturated heterocycles. The predicted molar refractivity (Wildman–Crippen MR) is 62.3 cm³/mol. The molecule has 0 amide bonds. The van der Waals surface area contributed by atoms with Crippen molar-refractivity contribution in [2.75, 3.05) is 5.33 Å². The van der Waals surface area contributed by atoms with Gasteiger partial charge in [-0.1, -0.05) is 28.1 Å². The van der Waals surface area contributed by atoms with E-state index in [0.29, 0.717) is 6.07 Å². The molecule has 0 aromatic heterocycles. The minimum absolute atomic E-state index is 0.164. The Morgan fingerprint density at radius 3 is 2.10 bits per heavy atom. The summed E-state index contributed by atoms with van der Waals surface area (Å²) in [6.45, 7) is 0. The second kappa shape index (κ2) is 6.54. The lowest BCUT2D eigenvalue weighted by atomic mass is 10.1. The number of rotatable bonds is 5. The highest BCUT2D eigenvalue weighted by Crippen LogP contribution is 2.38. The van der Waals surface area contributed by atoms with E-state index < -0.39 is 36.4 Å². The van der Waals surface area contributed by atoms with Crippen LogP contribution in [0.4, 0.5) is 26.3 Å². The summed E-state index contributed by atoms with van der Waals surface area (Å²) in [5.74, 6) is -2.89. The quantitative estimate of drug-likeness (QED) is 0.572. The van der Waals surface area contributed by atoms with E-state index in [1.807, 2.05) is 0 Å². The third-order valence-electron chi connectivity index (χ3n) is 2.04. The van der Waals surface area contributed by atoms with Crippen LogP contribution in [0.15, 0.2) is 18.2 Å². The van der Waals surface area contributed by atoms with Gasteiger partial charge in [0.15, 0.2) is 11.5 Å².